The fourth-order valence-electron chi connectivity index (χ4n) is 1.70. The van der Waals surface area contributed by atoms with Gasteiger partial charge in [-0.15, -0.1) is 0 Å². The monoisotopic (exact) mass is 292 g/mol. The first-order valence-electron chi connectivity index (χ1n) is 6.29. The van der Waals surface area contributed by atoms with E-state index in [2.05, 4.69) is 15.3 Å². The van der Waals surface area contributed by atoms with Crippen LogP contribution in [0.5, 0.6) is 0 Å². The van der Waals surface area contributed by atoms with Gasteiger partial charge in [0.05, 0.1) is 29.0 Å². The van der Waals surface area contributed by atoms with Gasteiger partial charge in [-0.05, 0) is 26.2 Å². The third-order valence-corrected chi connectivity index (χ3v) is 3.12. The molecule has 0 spiro atoms. The molecule has 6 heteroatoms. The number of hydrogen-bond acceptors (Lipinski definition) is 3. The Labute approximate surface area is 123 Å². The second-order valence-corrected chi connectivity index (χ2v) is 5.14. The molecular formula is C14H17ClN4O. The van der Waals surface area contributed by atoms with Crippen LogP contribution in [-0.4, -0.2) is 41.2 Å². The van der Waals surface area contributed by atoms with Crippen LogP contribution in [0.25, 0.3) is 0 Å². The van der Waals surface area contributed by atoms with Crippen molar-refractivity contribution < 1.29 is 4.79 Å². The Bertz CT molecular complexity index is 594. The Morgan fingerprint density at radius 2 is 2.15 bits per heavy atom. The van der Waals surface area contributed by atoms with Crippen molar-refractivity contribution in [2.75, 3.05) is 26.0 Å². The minimum atomic E-state index is -0.234. The van der Waals surface area contributed by atoms with Crippen LogP contribution in [0.15, 0.2) is 36.7 Å². The van der Waals surface area contributed by atoms with Gasteiger partial charge in [0.2, 0.25) is 0 Å². The molecule has 0 saturated heterocycles. The first-order valence-corrected chi connectivity index (χ1v) is 6.67. The maximum absolute atomic E-state index is 12.1. The molecule has 5 nitrogen and oxygen atoms in total. The van der Waals surface area contributed by atoms with Crippen molar-refractivity contribution in [3.63, 3.8) is 0 Å². The molecule has 0 aliphatic rings. The largest absolute Gasteiger partial charge is 0.319 e. The van der Waals surface area contributed by atoms with E-state index in [1.54, 1.807) is 41.3 Å². The van der Waals surface area contributed by atoms with Crippen LogP contribution < -0.4 is 5.32 Å². The number of amides is 1. The van der Waals surface area contributed by atoms with Crippen molar-refractivity contribution in [2.45, 2.75) is 6.54 Å². The summed E-state index contributed by atoms with van der Waals surface area (Å²) in [7, 11) is 4.01. The van der Waals surface area contributed by atoms with Crippen molar-refractivity contribution in [2.24, 2.45) is 0 Å². The van der Waals surface area contributed by atoms with E-state index in [4.69, 9.17) is 11.6 Å². The molecule has 0 atom stereocenters. The summed E-state index contributed by atoms with van der Waals surface area (Å²) in [5.41, 5.74) is 1.11. The summed E-state index contributed by atoms with van der Waals surface area (Å²) in [6, 6.07) is 6.95. The van der Waals surface area contributed by atoms with Gasteiger partial charge < -0.3 is 10.2 Å². The van der Waals surface area contributed by atoms with E-state index in [1.165, 1.54) is 0 Å². The summed E-state index contributed by atoms with van der Waals surface area (Å²) >= 11 is 5.99. The van der Waals surface area contributed by atoms with E-state index in [1.807, 2.05) is 14.1 Å². The van der Waals surface area contributed by atoms with Gasteiger partial charge in [-0.2, -0.15) is 5.10 Å². The first kappa shape index (κ1) is 14.6. The van der Waals surface area contributed by atoms with Crippen molar-refractivity contribution in [1.29, 1.82) is 0 Å². The van der Waals surface area contributed by atoms with Gasteiger partial charge in [-0.1, -0.05) is 23.7 Å². The molecule has 2 rings (SSSR count). The summed E-state index contributed by atoms with van der Waals surface area (Å²) in [4.78, 5) is 14.1. The highest BCUT2D eigenvalue weighted by molar-refractivity contribution is 6.34. The number of benzene rings is 1. The molecule has 106 valence electrons. The fraction of sp³-hybridized carbons (Fsp3) is 0.286. The van der Waals surface area contributed by atoms with E-state index >= 15 is 0 Å². The third-order valence-electron chi connectivity index (χ3n) is 2.79. The molecular weight excluding hydrogens is 276 g/mol. The van der Waals surface area contributed by atoms with Gasteiger partial charge in [0, 0.05) is 12.7 Å². The number of likely N-dealkylation sites (N-methyl/N-ethyl adjacent to an activating group) is 1. The van der Waals surface area contributed by atoms with Gasteiger partial charge in [0.25, 0.3) is 5.91 Å². The Kier molecular flexibility index (Phi) is 4.76. The van der Waals surface area contributed by atoms with Crippen LogP contribution in [0.1, 0.15) is 10.4 Å². The number of halogens is 1. The number of nitrogens with zero attached hydrogens (tertiary/aromatic N) is 3. The van der Waals surface area contributed by atoms with Gasteiger partial charge in [-0.25, -0.2) is 0 Å². The molecule has 0 aliphatic heterocycles. The quantitative estimate of drug-likeness (QED) is 0.920. The predicted octanol–water partition coefficient (Wildman–Crippen LogP) is 2.35. The Morgan fingerprint density at radius 3 is 2.85 bits per heavy atom. The molecule has 0 fully saturated rings. The van der Waals surface area contributed by atoms with Crippen molar-refractivity contribution in [3.8, 4) is 0 Å². The van der Waals surface area contributed by atoms with Crippen molar-refractivity contribution in [1.82, 2.24) is 14.7 Å². The summed E-state index contributed by atoms with van der Waals surface area (Å²) in [5.74, 6) is -0.234. The highest BCUT2D eigenvalue weighted by Gasteiger charge is 2.10. The van der Waals surface area contributed by atoms with Crippen LogP contribution in [-0.2, 0) is 6.54 Å². The van der Waals surface area contributed by atoms with E-state index in [0.717, 1.165) is 13.1 Å². The minimum Gasteiger partial charge on any atom is -0.319 e. The zero-order chi connectivity index (χ0) is 14.5. The second kappa shape index (κ2) is 6.54. The van der Waals surface area contributed by atoms with Crippen LogP contribution in [0.3, 0.4) is 0 Å². The molecule has 1 aromatic heterocycles. The summed E-state index contributed by atoms with van der Waals surface area (Å²) < 4.78 is 1.79. The lowest BCUT2D eigenvalue weighted by molar-refractivity contribution is 0.102. The molecule has 1 heterocycles. The lowest BCUT2D eigenvalue weighted by Crippen LogP contribution is -2.18. The molecule has 1 amide bonds. The highest BCUT2D eigenvalue weighted by atomic mass is 35.5. The number of carbonyl (C=O) groups excluding carboxylic acids is 1. The number of aromatic nitrogens is 2. The fourth-order valence-corrected chi connectivity index (χ4v) is 1.92. The van der Waals surface area contributed by atoms with Crippen LogP contribution in [0.4, 0.5) is 5.69 Å². The zero-order valence-corrected chi connectivity index (χ0v) is 12.3. The number of anilines is 1. The molecule has 2 aromatic rings. The predicted molar refractivity (Wildman–Crippen MR) is 80.2 cm³/mol. The van der Waals surface area contributed by atoms with Gasteiger partial charge in [0.15, 0.2) is 0 Å². The average molecular weight is 293 g/mol. The zero-order valence-electron chi connectivity index (χ0n) is 11.5. The Morgan fingerprint density at radius 1 is 1.40 bits per heavy atom. The lowest BCUT2D eigenvalue weighted by Gasteiger charge is -2.08. The summed E-state index contributed by atoms with van der Waals surface area (Å²) in [5, 5.41) is 7.42. The Balaban J connectivity index is 2.00. The molecule has 0 radical (unpaired) electrons. The lowest BCUT2D eigenvalue weighted by atomic mass is 10.2. The van der Waals surface area contributed by atoms with Crippen LogP contribution in [0, 0.1) is 0 Å². The molecule has 0 bridgehead atoms. The van der Waals surface area contributed by atoms with Crippen LogP contribution >= 0.6 is 11.6 Å². The van der Waals surface area contributed by atoms with Crippen LogP contribution in [0.2, 0.25) is 5.02 Å². The normalized spacial score (nSPS) is 10.8. The van der Waals surface area contributed by atoms with E-state index in [0.29, 0.717) is 16.3 Å². The molecule has 0 unspecified atom stereocenters. The van der Waals surface area contributed by atoms with Gasteiger partial charge in [0.1, 0.15) is 0 Å². The SMILES string of the molecule is CN(C)CCn1cc(NC(=O)c2ccccc2Cl)cn1. The number of nitrogens with one attached hydrogen (secondary N) is 1. The van der Waals surface area contributed by atoms with E-state index in [-0.39, 0.29) is 5.91 Å². The van der Waals surface area contributed by atoms with E-state index < -0.39 is 0 Å². The molecule has 20 heavy (non-hydrogen) atoms. The standard InChI is InChI=1S/C14H17ClN4O/c1-18(2)7-8-19-10-11(9-16-19)17-14(20)12-5-3-4-6-13(12)15/h3-6,9-10H,7-8H2,1-2H3,(H,17,20). The smallest absolute Gasteiger partial charge is 0.257 e. The topological polar surface area (TPSA) is 50.2 Å². The van der Waals surface area contributed by atoms with Gasteiger partial charge in [-0.3, -0.25) is 9.48 Å². The molecule has 0 aliphatic carbocycles. The number of hydrogen-bond donors (Lipinski definition) is 1. The molecule has 1 aromatic carbocycles. The summed E-state index contributed by atoms with van der Waals surface area (Å²) in [6.45, 7) is 1.66. The number of carbonyl (C=O) groups is 1. The van der Waals surface area contributed by atoms with Crippen molar-refractivity contribution >= 4 is 23.2 Å². The van der Waals surface area contributed by atoms with E-state index in [9.17, 15) is 4.79 Å². The molecule has 0 saturated carbocycles. The minimum absolute atomic E-state index is 0.234. The maximum Gasteiger partial charge on any atom is 0.257 e. The Hall–Kier alpha value is -1.85. The second-order valence-electron chi connectivity index (χ2n) is 4.73. The van der Waals surface area contributed by atoms with Gasteiger partial charge >= 0.3 is 0 Å². The first-order chi connectivity index (χ1) is 9.56. The average Bonchev–Trinajstić information content (AvgIpc) is 2.84. The summed E-state index contributed by atoms with van der Waals surface area (Å²) in [6.07, 6.45) is 3.43. The highest BCUT2D eigenvalue weighted by Crippen LogP contribution is 2.16. The third kappa shape index (κ3) is 3.82. The van der Waals surface area contributed by atoms with Crippen molar-refractivity contribution in [3.05, 3.63) is 47.2 Å². The maximum atomic E-state index is 12.1. The number of rotatable bonds is 5. The molecule has 1 N–H and O–H groups in total.